The largest absolute Gasteiger partial charge is 0.312 e. The monoisotopic (exact) mass is 368 g/mol. The number of halogens is 1. The first-order valence-corrected chi connectivity index (χ1v) is 9.29. The van der Waals surface area contributed by atoms with Gasteiger partial charge in [0.05, 0.1) is 35.7 Å². The van der Waals surface area contributed by atoms with Crippen LogP contribution in [0.25, 0.3) is 5.69 Å². The Bertz CT molecular complexity index is 910. The number of aromatic nitrogens is 3. The average Bonchev–Trinajstić information content (AvgIpc) is 2.96. The summed E-state index contributed by atoms with van der Waals surface area (Å²) in [4.78, 5) is 28.6. The van der Waals surface area contributed by atoms with Crippen LogP contribution in [0.3, 0.4) is 0 Å². The number of carbonyl (C=O) groups is 2. The van der Waals surface area contributed by atoms with Gasteiger partial charge in [0.25, 0.3) is 0 Å². The fourth-order valence-corrected chi connectivity index (χ4v) is 3.40. The number of aldehydes is 1. The first-order chi connectivity index (χ1) is 11.6. The normalized spacial score (nSPS) is 12.6. The van der Waals surface area contributed by atoms with E-state index in [0.717, 1.165) is 17.4 Å². The van der Waals surface area contributed by atoms with Crippen LogP contribution >= 0.6 is 0 Å². The maximum absolute atomic E-state index is 13.3. The highest BCUT2D eigenvalue weighted by Gasteiger charge is 2.25. The molecular weight excluding hydrogens is 351 g/mol. The fourth-order valence-electron chi connectivity index (χ4n) is 2.35. The van der Waals surface area contributed by atoms with E-state index in [9.17, 15) is 22.4 Å². The molecule has 8 nitrogen and oxygen atoms in total. The van der Waals surface area contributed by atoms with Crippen molar-refractivity contribution in [1.29, 1.82) is 0 Å². The van der Waals surface area contributed by atoms with Crippen LogP contribution in [0.1, 0.15) is 17.4 Å². The molecule has 25 heavy (non-hydrogen) atoms. The van der Waals surface area contributed by atoms with Gasteiger partial charge in [-0.1, -0.05) is 6.92 Å². The van der Waals surface area contributed by atoms with Crippen LogP contribution in [0.2, 0.25) is 0 Å². The van der Waals surface area contributed by atoms with Crippen LogP contribution in [0, 0.1) is 11.7 Å². The summed E-state index contributed by atoms with van der Waals surface area (Å²) in [6.45, 7) is 1.49. The van der Waals surface area contributed by atoms with Crippen LogP contribution in [0.4, 0.5) is 10.1 Å². The minimum Gasteiger partial charge on any atom is -0.312 e. The van der Waals surface area contributed by atoms with Gasteiger partial charge in [0.2, 0.25) is 5.91 Å². The van der Waals surface area contributed by atoms with E-state index in [2.05, 4.69) is 10.1 Å². The van der Waals surface area contributed by atoms with E-state index in [1.807, 2.05) is 0 Å². The predicted octanol–water partition coefficient (Wildman–Crippen LogP) is 0.862. The maximum Gasteiger partial charge on any atom is 0.230 e. The molecular formula is C15H17FN4O4S. The summed E-state index contributed by atoms with van der Waals surface area (Å²) in [5, 5.41) is 4.01. The molecule has 0 spiro atoms. The van der Waals surface area contributed by atoms with Gasteiger partial charge in [0.15, 0.2) is 6.29 Å². The number of sulfone groups is 1. The number of anilines is 1. The summed E-state index contributed by atoms with van der Waals surface area (Å²) in [5.41, 5.74) is 0.427. The Morgan fingerprint density at radius 3 is 2.68 bits per heavy atom. The number of rotatable bonds is 6. The summed E-state index contributed by atoms with van der Waals surface area (Å²) >= 11 is 0. The summed E-state index contributed by atoms with van der Waals surface area (Å²) < 4.78 is 37.2. The quantitative estimate of drug-likeness (QED) is 0.701. The lowest BCUT2D eigenvalue weighted by atomic mass is 10.2. The van der Waals surface area contributed by atoms with Gasteiger partial charge in [-0.3, -0.25) is 14.6 Å². The van der Waals surface area contributed by atoms with Crippen LogP contribution < -0.4 is 4.90 Å². The van der Waals surface area contributed by atoms with Crippen LogP contribution in [-0.4, -0.2) is 54.4 Å². The molecule has 1 atom stereocenters. The van der Waals surface area contributed by atoms with Gasteiger partial charge in [-0.25, -0.2) is 17.5 Å². The van der Waals surface area contributed by atoms with Crippen molar-refractivity contribution in [2.45, 2.75) is 6.92 Å². The van der Waals surface area contributed by atoms with Crippen LogP contribution in [-0.2, 0) is 14.6 Å². The molecule has 0 fully saturated rings. The van der Waals surface area contributed by atoms with Gasteiger partial charge in [-0.05, 0) is 0 Å². The molecule has 1 amide bonds. The Morgan fingerprint density at radius 1 is 1.44 bits per heavy atom. The van der Waals surface area contributed by atoms with Crippen LogP contribution in [0.5, 0.6) is 0 Å². The molecule has 0 bridgehead atoms. The molecule has 10 heteroatoms. The first-order valence-electron chi connectivity index (χ1n) is 7.23. The van der Waals surface area contributed by atoms with E-state index < -0.39 is 27.5 Å². The van der Waals surface area contributed by atoms with Gasteiger partial charge in [0, 0.05) is 25.3 Å². The minimum absolute atomic E-state index is 0.0355. The molecule has 2 aromatic heterocycles. The smallest absolute Gasteiger partial charge is 0.230 e. The topological polar surface area (TPSA) is 102 Å². The van der Waals surface area contributed by atoms with Crippen molar-refractivity contribution in [3.8, 4) is 5.69 Å². The van der Waals surface area contributed by atoms with E-state index in [1.165, 1.54) is 37.1 Å². The Kier molecular flexibility index (Phi) is 5.31. The highest BCUT2D eigenvalue weighted by atomic mass is 32.2. The van der Waals surface area contributed by atoms with E-state index in [4.69, 9.17) is 0 Å². The molecule has 0 saturated carbocycles. The zero-order valence-electron chi connectivity index (χ0n) is 13.9. The van der Waals surface area contributed by atoms with Crippen molar-refractivity contribution in [3.05, 3.63) is 36.2 Å². The summed E-state index contributed by atoms with van der Waals surface area (Å²) in [6, 6.07) is 1.17. The summed E-state index contributed by atoms with van der Waals surface area (Å²) in [6.07, 6.45) is 5.26. The zero-order valence-corrected chi connectivity index (χ0v) is 14.7. The Hall–Kier alpha value is -2.62. The molecule has 1 unspecified atom stereocenters. The number of carbonyl (C=O) groups excluding carboxylic acids is 2. The summed E-state index contributed by atoms with van der Waals surface area (Å²) in [7, 11) is -1.91. The van der Waals surface area contributed by atoms with E-state index in [0.29, 0.717) is 6.29 Å². The predicted molar refractivity (Wildman–Crippen MR) is 89.0 cm³/mol. The molecule has 2 aromatic rings. The van der Waals surface area contributed by atoms with Gasteiger partial charge in [0.1, 0.15) is 21.3 Å². The highest BCUT2D eigenvalue weighted by molar-refractivity contribution is 7.90. The molecule has 0 aliphatic carbocycles. The number of hydrogen-bond donors (Lipinski definition) is 0. The van der Waals surface area contributed by atoms with Crippen molar-refractivity contribution in [1.82, 2.24) is 14.8 Å². The average molecular weight is 368 g/mol. The van der Waals surface area contributed by atoms with Crippen molar-refractivity contribution < 1.29 is 22.4 Å². The molecule has 134 valence electrons. The second-order valence-corrected chi connectivity index (χ2v) is 7.90. The third-order valence-electron chi connectivity index (χ3n) is 3.46. The van der Waals surface area contributed by atoms with Crippen molar-refractivity contribution >= 4 is 27.7 Å². The number of hydrogen-bond acceptors (Lipinski definition) is 6. The summed E-state index contributed by atoms with van der Waals surface area (Å²) in [5.74, 6) is -2.16. The molecule has 0 aromatic carbocycles. The lowest BCUT2D eigenvalue weighted by molar-refractivity contribution is -0.121. The Morgan fingerprint density at radius 2 is 2.12 bits per heavy atom. The standard InChI is InChI=1S/C15H17FN4O4S/c1-10(9-25(3,23)24)15(22)19(2)14-7-20(18-13(14)8-21)12-4-11(16)5-17-6-12/h4-8,10H,9H2,1-3H3. The van der Waals surface area contributed by atoms with Crippen molar-refractivity contribution in [2.24, 2.45) is 5.92 Å². The van der Waals surface area contributed by atoms with Gasteiger partial charge in [-0.2, -0.15) is 5.10 Å². The van der Waals surface area contributed by atoms with E-state index >= 15 is 0 Å². The number of nitrogens with zero attached hydrogens (tertiary/aromatic N) is 4. The molecule has 0 aliphatic rings. The zero-order chi connectivity index (χ0) is 18.8. The van der Waals surface area contributed by atoms with Gasteiger partial charge in [-0.15, -0.1) is 0 Å². The molecule has 0 saturated heterocycles. The van der Waals surface area contributed by atoms with E-state index in [-0.39, 0.29) is 22.8 Å². The number of amides is 1. The lowest BCUT2D eigenvalue weighted by Gasteiger charge is -2.19. The molecule has 2 rings (SSSR count). The molecule has 0 radical (unpaired) electrons. The highest BCUT2D eigenvalue weighted by Crippen LogP contribution is 2.21. The lowest BCUT2D eigenvalue weighted by Crippen LogP contribution is -2.35. The molecule has 2 heterocycles. The third-order valence-corrected chi connectivity index (χ3v) is 4.56. The van der Waals surface area contributed by atoms with Crippen LogP contribution in [0.15, 0.2) is 24.7 Å². The Labute approximate surface area is 144 Å². The third kappa shape index (κ3) is 4.47. The second-order valence-electron chi connectivity index (χ2n) is 5.71. The maximum atomic E-state index is 13.3. The SMILES string of the molecule is CC(CS(C)(=O)=O)C(=O)N(C)c1cn(-c2cncc(F)c2)nc1C=O. The van der Waals surface area contributed by atoms with Crippen molar-refractivity contribution in [2.75, 3.05) is 24.0 Å². The fraction of sp³-hybridized carbons (Fsp3) is 0.333. The second kappa shape index (κ2) is 7.09. The Balaban J connectivity index is 2.35. The van der Waals surface area contributed by atoms with Gasteiger partial charge >= 0.3 is 0 Å². The minimum atomic E-state index is -3.33. The van der Waals surface area contributed by atoms with E-state index in [1.54, 1.807) is 0 Å². The van der Waals surface area contributed by atoms with Crippen molar-refractivity contribution in [3.63, 3.8) is 0 Å². The number of pyridine rings is 1. The van der Waals surface area contributed by atoms with Gasteiger partial charge < -0.3 is 4.90 Å². The molecule has 0 N–H and O–H groups in total. The molecule has 0 aliphatic heterocycles. The first kappa shape index (κ1) is 18.7.